The van der Waals surface area contributed by atoms with E-state index < -0.39 is 0 Å². The zero-order valence-corrected chi connectivity index (χ0v) is 18.6. The Morgan fingerprint density at radius 3 is 2.70 bits per heavy atom. The molecule has 6 nitrogen and oxygen atoms in total. The molecule has 1 fully saturated rings. The van der Waals surface area contributed by atoms with Crippen molar-refractivity contribution in [3.8, 4) is 0 Å². The largest absolute Gasteiger partial charge is 0.383 e. The normalized spacial score (nSPS) is 15.1. The van der Waals surface area contributed by atoms with Gasteiger partial charge >= 0.3 is 6.03 Å². The number of piperidine rings is 1. The number of amides is 2. The standard InChI is InChI=1S/C23H31N3O3S/c1-18(27)19-5-3-6-20(17-19)24-23(28)26(14-15-29-2)21-8-11-25(12-9-21)13-10-22-7-4-16-30-22/h3-7,16-17,21H,8-15H2,1-2H3,(H,24,28). The fourth-order valence-electron chi connectivity index (χ4n) is 3.83. The Labute approximate surface area is 182 Å². The van der Waals surface area contributed by atoms with Crippen molar-refractivity contribution in [2.45, 2.75) is 32.2 Å². The van der Waals surface area contributed by atoms with E-state index in [0.29, 0.717) is 24.4 Å². The maximum atomic E-state index is 13.0. The topological polar surface area (TPSA) is 61.9 Å². The molecule has 30 heavy (non-hydrogen) atoms. The van der Waals surface area contributed by atoms with E-state index >= 15 is 0 Å². The summed E-state index contributed by atoms with van der Waals surface area (Å²) >= 11 is 1.81. The molecule has 2 amide bonds. The lowest BCUT2D eigenvalue weighted by atomic mass is 10.0. The average molecular weight is 430 g/mol. The van der Waals surface area contributed by atoms with Crippen LogP contribution in [0.15, 0.2) is 41.8 Å². The van der Waals surface area contributed by atoms with Gasteiger partial charge in [-0.1, -0.05) is 18.2 Å². The van der Waals surface area contributed by atoms with Crippen LogP contribution in [0.2, 0.25) is 0 Å². The van der Waals surface area contributed by atoms with Gasteiger partial charge in [0.05, 0.1) is 6.61 Å². The first-order chi connectivity index (χ1) is 14.6. The number of nitrogens with one attached hydrogen (secondary N) is 1. The monoisotopic (exact) mass is 429 g/mol. The number of rotatable bonds is 9. The summed E-state index contributed by atoms with van der Waals surface area (Å²) < 4.78 is 5.24. The Hall–Kier alpha value is -2.22. The molecule has 2 heterocycles. The van der Waals surface area contributed by atoms with Crippen LogP contribution in [0.3, 0.4) is 0 Å². The summed E-state index contributed by atoms with van der Waals surface area (Å²) in [4.78, 5) is 30.4. The highest BCUT2D eigenvalue weighted by atomic mass is 32.1. The molecule has 3 rings (SSSR count). The van der Waals surface area contributed by atoms with Gasteiger partial charge in [-0.3, -0.25) is 4.79 Å². The molecule has 1 aromatic carbocycles. The lowest BCUT2D eigenvalue weighted by molar-refractivity contribution is 0.101. The van der Waals surface area contributed by atoms with E-state index in [1.807, 2.05) is 22.3 Å². The van der Waals surface area contributed by atoms with Crippen LogP contribution in [-0.2, 0) is 11.2 Å². The first-order valence-electron chi connectivity index (χ1n) is 10.5. The molecule has 7 heteroatoms. The molecule has 1 aliphatic rings. The summed E-state index contributed by atoms with van der Waals surface area (Å²) in [6, 6.07) is 11.4. The van der Waals surface area contributed by atoms with Crippen LogP contribution in [-0.4, -0.2) is 67.6 Å². The number of carbonyl (C=O) groups excluding carboxylic acids is 2. The predicted molar refractivity (Wildman–Crippen MR) is 122 cm³/mol. The number of ether oxygens (including phenoxy) is 1. The van der Waals surface area contributed by atoms with Crippen LogP contribution in [0.5, 0.6) is 0 Å². The zero-order valence-electron chi connectivity index (χ0n) is 17.8. The molecule has 0 unspecified atom stereocenters. The van der Waals surface area contributed by atoms with Crippen molar-refractivity contribution in [3.05, 3.63) is 52.2 Å². The maximum Gasteiger partial charge on any atom is 0.322 e. The fraction of sp³-hybridized carbons (Fsp3) is 0.478. The summed E-state index contributed by atoms with van der Waals surface area (Å²) in [7, 11) is 1.65. The molecular weight excluding hydrogens is 398 g/mol. The number of ketones is 1. The minimum Gasteiger partial charge on any atom is -0.383 e. The molecule has 0 radical (unpaired) electrons. The Morgan fingerprint density at radius 1 is 1.23 bits per heavy atom. The fourth-order valence-corrected chi connectivity index (χ4v) is 4.53. The van der Waals surface area contributed by atoms with Gasteiger partial charge in [-0.2, -0.15) is 0 Å². The highest BCUT2D eigenvalue weighted by Crippen LogP contribution is 2.20. The van der Waals surface area contributed by atoms with Crippen LogP contribution >= 0.6 is 11.3 Å². The molecule has 0 aliphatic carbocycles. The third kappa shape index (κ3) is 6.39. The van der Waals surface area contributed by atoms with Crippen molar-refractivity contribution in [2.24, 2.45) is 0 Å². The molecule has 1 N–H and O–H groups in total. The van der Waals surface area contributed by atoms with E-state index in [0.717, 1.165) is 38.9 Å². The van der Waals surface area contributed by atoms with Crippen LogP contribution in [0, 0.1) is 0 Å². The van der Waals surface area contributed by atoms with Crippen molar-refractivity contribution in [3.63, 3.8) is 0 Å². The number of carbonyl (C=O) groups is 2. The summed E-state index contributed by atoms with van der Waals surface area (Å²) in [6.07, 6.45) is 2.99. The number of hydrogen-bond donors (Lipinski definition) is 1. The predicted octanol–water partition coefficient (Wildman–Crippen LogP) is 4.14. The Balaban J connectivity index is 1.56. The quantitative estimate of drug-likeness (QED) is 0.609. The van der Waals surface area contributed by atoms with Crippen molar-refractivity contribution in [1.29, 1.82) is 0 Å². The second kappa shape index (κ2) is 11.2. The number of Topliss-reactive ketones (excluding diaryl/α,β-unsaturated/α-hetero) is 1. The lowest BCUT2D eigenvalue weighted by Crippen LogP contribution is -2.50. The molecule has 1 saturated heterocycles. The number of nitrogens with zero attached hydrogens (tertiary/aromatic N) is 2. The molecule has 0 bridgehead atoms. The summed E-state index contributed by atoms with van der Waals surface area (Å²) in [5.41, 5.74) is 1.23. The van der Waals surface area contributed by atoms with Crippen LogP contribution in [0.25, 0.3) is 0 Å². The number of anilines is 1. The smallest absolute Gasteiger partial charge is 0.322 e. The molecular formula is C23H31N3O3S. The third-order valence-corrected chi connectivity index (χ3v) is 6.51. The van der Waals surface area contributed by atoms with E-state index in [1.54, 1.807) is 25.3 Å². The van der Waals surface area contributed by atoms with E-state index in [2.05, 4.69) is 27.7 Å². The first-order valence-corrected chi connectivity index (χ1v) is 11.4. The van der Waals surface area contributed by atoms with Gasteiger partial charge in [0, 0.05) is 55.5 Å². The molecule has 0 atom stereocenters. The Morgan fingerprint density at radius 2 is 2.03 bits per heavy atom. The lowest BCUT2D eigenvalue weighted by Gasteiger charge is -2.38. The number of benzene rings is 1. The van der Waals surface area contributed by atoms with Gasteiger partial charge in [0.2, 0.25) is 0 Å². The summed E-state index contributed by atoms with van der Waals surface area (Å²) in [6.45, 7) is 5.63. The Kier molecular flexibility index (Phi) is 8.42. The number of methoxy groups -OCH3 is 1. The molecule has 1 aromatic heterocycles. The maximum absolute atomic E-state index is 13.0. The van der Waals surface area contributed by atoms with Gasteiger partial charge in [-0.25, -0.2) is 4.79 Å². The number of thiophene rings is 1. The van der Waals surface area contributed by atoms with E-state index in [-0.39, 0.29) is 17.9 Å². The summed E-state index contributed by atoms with van der Waals surface area (Å²) in [5, 5.41) is 5.09. The number of hydrogen-bond acceptors (Lipinski definition) is 5. The van der Waals surface area contributed by atoms with Gasteiger partial charge in [0.25, 0.3) is 0 Å². The zero-order chi connectivity index (χ0) is 21.3. The van der Waals surface area contributed by atoms with E-state index in [4.69, 9.17) is 4.74 Å². The van der Waals surface area contributed by atoms with Crippen molar-refractivity contribution < 1.29 is 14.3 Å². The second-order valence-corrected chi connectivity index (χ2v) is 8.69. The molecule has 2 aromatic rings. The first kappa shape index (κ1) is 22.5. The molecule has 0 saturated carbocycles. The minimum atomic E-state index is -0.134. The van der Waals surface area contributed by atoms with Crippen LogP contribution < -0.4 is 5.32 Å². The summed E-state index contributed by atoms with van der Waals surface area (Å²) in [5.74, 6) is -0.0164. The van der Waals surface area contributed by atoms with Gasteiger partial charge in [-0.15, -0.1) is 11.3 Å². The van der Waals surface area contributed by atoms with Crippen LogP contribution in [0.4, 0.5) is 10.5 Å². The average Bonchev–Trinajstić information content (AvgIpc) is 3.27. The van der Waals surface area contributed by atoms with E-state index in [1.165, 1.54) is 11.8 Å². The Bertz CT molecular complexity index is 817. The third-order valence-electron chi connectivity index (χ3n) is 5.57. The van der Waals surface area contributed by atoms with E-state index in [9.17, 15) is 9.59 Å². The molecule has 1 aliphatic heterocycles. The van der Waals surface area contributed by atoms with Gasteiger partial charge < -0.3 is 19.9 Å². The second-order valence-electron chi connectivity index (χ2n) is 7.66. The van der Waals surface area contributed by atoms with Crippen molar-refractivity contribution in [1.82, 2.24) is 9.80 Å². The van der Waals surface area contributed by atoms with Gasteiger partial charge in [-0.05, 0) is 49.8 Å². The number of urea groups is 1. The highest BCUT2D eigenvalue weighted by molar-refractivity contribution is 7.09. The van der Waals surface area contributed by atoms with Gasteiger partial charge in [0.15, 0.2) is 5.78 Å². The van der Waals surface area contributed by atoms with Crippen LogP contribution in [0.1, 0.15) is 35.0 Å². The molecule has 0 spiro atoms. The molecule has 162 valence electrons. The van der Waals surface area contributed by atoms with Crippen molar-refractivity contribution in [2.75, 3.05) is 45.2 Å². The number of likely N-dealkylation sites (tertiary alicyclic amines) is 1. The highest BCUT2D eigenvalue weighted by Gasteiger charge is 2.28. The van der Waals surface area contributed by atoms with Crippen molar-refractivity contribution >= 4 is 28.8 Å². The SMILES string of the molecule is COCCN(C(=O)Nc1cccc(C(C)=O)c1)C1CCN(CCc2cccs2)CC1. The minimum absolute atomic E-state index is 0.0164. The van der Waals surface area contributed by atoms with Gasteiger partial charge in [0.1, 0.15) is 0 Å².